The first-order valence-electron chi connectivity index (χ1n) is 10.7. The molecular formula is C22H33N3O4. The smallest absolute Gasteiger partial charge is 0.317 e. The van der Waals surface area contributed by atoms with Crippen LogP contribution in [0.15, 0.2) is 18.2 Å². The van der Waals surface area contributed by atoms with Crippen LogP contribution in [0.3, 0.4) is 0 Å². The van der Waals surface area contributed by atoms with Gasteiger partial charge in [0.05, 0.1) is 19.8 Å². The standard InChI is InChI=1S/C22H33N3O4/c1-28-18-10-11-19(20(16-18)29-2)21(26)24-12-14-25(15-13-24)22(27)23-17-8-6-4-3-5-7-9-17/h10-11,16-17H,3-9,12-15H2,1-2H3,(H,23,27). The SMILES string of the molecule is COc1ccc(C(=O)N2CCN(C(=O)NC3CCCCCCC3)CC2)c(OC)c1. The molecule has 2 fully saturated rings. The van der Waals surface area contributed by atoms with Gasteiger partial charge >= 0.3 is 6.03 Å². The summed E-state index contributed by atoms with van der Waals surface area (Å²) in [6.45, 7) is 2.13. The number of benzene rings is 1. The molecule has 7 heteroatoms. The molecule has 1 saturated heterocycles. The minimum atomic E-state index is -0.0791. The fraction of sp³-hybridized carbons (Fsp3) is 0.636. The molecule has 3 amide bonds. The number of hydrogen-bond donors (Lipinski definition) is 1. The molecule has 1 aliphatic heterocycles. The van der Waals surface area contributed by atoms with E-state index >= 15 is 0 Å². The summed E-state index contributed by atoms with van der Waals surface area (Å²) >= 11 is 0. The first-order valence-corrected chi connectivity index (χ1v) is 10.7. The number of hydrogen-bond acceptors (Lipinski definition) is 4. The Balaban J connectivity index is 1.53. The summed E-state index contributed by atoms with van der Waals surface area (Å²) in [5, 5.41) is 3.21. The van der Waals surface area contributed by atoms with E-state index in [2.05, 4.69) is 5.32 Å². The highest BCUT2D eigenvalue weighted by Crippen LogP contribution is 2.26. The molecular weight excluding hydrogens is 370 g/mol. The Morgan fingerprint density at radius 1 is 0.897 bits per heavy atom. The van der Waals surface area contributed by atoms with Crippen LogP contribution < -0.4 is 14.8 Å². The molecule has 7 nitrogen and oxygen atoms in total. The summed E-state index contributed by atoms with van der Waals surface area (Å²) in [5.41, 5.74) is 0.515. The van der Waals surface area contributed by atoms with Crippen LogP contribution in [0, 0.1) is 0 Å². The second-order valence-corrected chi connectivity index (χ2v) is 7.84. The van der Waals surface area contributed by atoms with Crippen molar-refractivity contribution >= 4 is 11.9 Å². The Labute approximate surface area is 173 Å². The van der Waals surface area contributed by atoms with Crippen LogP contribution >= 0.6 is 0 Å². The Morgan fingerprint density at radius 2 is 1.52 bits per heavy atom. The number of ether oxygens (including phenoxy) is 2. The number of methoxy groups -OCH3 is 2. The van der Waals surface area contributed by atoms with Gasteiger partial charge in [0.2, 0.25) is 0 Å². The van der Waals surface area contributed by atoms with E-state index in [0.717, 1.165) is 12.8 Å². The van der Waals surface area contributed by atoms with E-state index in [4.69, 9.17) is 9.47 Å². The molecule has 1 aromatic rings. The predicted molar refractivity (Wildman–Crippen MR) is 112 cm³/mol. The molecule has 0 bridgehead atoms. The molecule has 160 valence electrons. The highest BCUT2D eigenvalue weighted by Gasteiger charge is 2.27. The number of amides is 3. The molecule has 1 aromatic carbocycles. The van der Waals surface area contributed by atoms with Gasteiger partial charge in [0.25, 0.3) is 5.91 Å². The van der Waals surface area contributed by atoms with Crippen LogP contribution in [0.1, 0.15) is 55.3 Å². The maximum absolute atomic E-state index is 12.9. The lowest BCUT2D eigenvalue weighted by atomic mass is 9.97. The minimum Gasteiger partial charge on any atom is -0.497 e. The van der Waals surface area contributed by atoms with E-state index in [0.29, 0.717) is 43.2 Å². The number of nitrogens with zero attached hydrogens (tertiary/aromatic N) is 2. The van der Waals surface area contributed by atoms with Crippen molar-refractivity contribution in [2.75, 3.05) is 40.4 Å². The van der Waals surface area contributed by atoms with E-state index < -0.39 is 0 Å². The van der Waals surface area contributed by atoms with E-state index in [1.54, 1.807) is 37.3 Å². The Kier molecular flexibility index (Phi) is 7.61. The summed E-state index contributed by atoms with van der Waals surface area (Å²) in [6, 6.07) is 5.49. The quantitative estimate of drug-likeness (QED) is 0.838. The van der Waals surface area contributed by atoms with Gasteiger partial charge in [-0.05, 0) is 25.0 Å². The van der Waals surface area contributed by atoms with Crippen LogP contribution in [-0.2, 0) is 0 Å². The Bertz CT molecular complexity index is 693. The Morgan fingerprint density at radius 3 is 2.14 bits per heavy atom. The molecule has 3 rings (SSSR count). The molecule has 1 N–H and O–H groups in total. The molecule has 0 atom stereocenters. The van der Waals surface area contributed by atoms with Crippen molar-refractivity contribution in [3.05, 3.63) is 23.8 Å². The molecule has 2 aliphatic rings. The number of urea groups is 1. The average molecular weight is 404 g/mol. The maximum Gasteiger partial charge on any atom is 0.317 e. The number of piperazine rings is 1. The van der Waals surface area contributed by atoms with Gasteiger partial charge in [-0.2, -0.15) is 0 Å². The monoisotopic (exact) mass is 403 g/mol. The van der Waals surface area contributed by atoms with E-state index in [1.807, 2.05) is 4.90 Å². The molecule has 1 saturated carbocycles. The van der Waals surface area contributed by atoms with Gasteiger partial charge in [0.1, 0.15) is 11.5 Å². The zero-order valence-electron chi connectivity index (χ0n) is 17.6. The summed E-state index contributed by atoms with van der Waals surface area (Å²) in [7, 11) is 3.13. The summed E-state index contributed by atoms with van der Waals surface area (Å²) in [6.07, 6.45) is 8.37. The third kappa shape index (κ3) is 5.55. The van der Waals surface area contributed by atoms with Crippen molar-refractivity contribution in [2.45, 2.75) is 51.0 Å². The van der Waals surface area contributed by atoms with E-state index in [9.17, 15) is 9.59 Å². The van der Waals surface area contributed by atoms with E-state index in [-0.39, 0.29) is 18.0 Å². The molecule has 1 heterocycles. The molecule has 29 heavy (non-hydrogen) atoms. The zero-order valence-corrected chi connectivity index (χ0v) is 17.6. The summed E-state index contributed by atoms with van der Waals surface area (Å²) in [5.74, 6) is 1.07. The molecule has 1 aliphatic carbocycles. The number of carbonyl (C=O) groups is 2. The van der Waals surface area contributed by atoms with E-state index in [1.165, 1.54) is 32.1 Å². The van der Waals surface area contributed by atoms with Crippen molar-refractivity contribution in [2.24, 2.45) is 0 Å². The van der Waals surface area contributed by atoms with Crippen molar-refractivity contribution in [3.63, 3.8) is 0 Å². The summed E-state index contributed by atoms with van der Waals surface area (Å²) in [4.78, 5) is 29.2. The second kappa shape index (κ2) is 10.4. The largest absolute Gasteiger partial charge is 0.497 e. The lowest BCUT2D eigenvalue weighted by Crippen LogP contribution is -2.54. The van der Waals surface area contributed by atoms with Crippen molar-refractivity contribution in [1.29, 1.82) is 0 Å². The average Bonchev–Trinajstić information content (AvgIpc) is 2.74. The van der Waals surface area contributed by atoms with Gasteiger partial charge < -0.3 is 24.6 Å². The van der Waals surface area contributed by atoms with Crippen LogP contribution in [0.5, 0.6) is 11.5 Å². The highest BCUT2D eigenvalue weighted by molar-refractivity contribution is 5.97. The predicted octanol–water partition coefficient (Wildman–Crippen LogP) is 3.28. The zero-order chi connectivity index (χ0) is 20.6. The second-order valence-electron chi connectivity index (χ2n) is 7.84. The highest BCUT2D eigenvalue weighted by atomic mass is 16.5. The van der Waals surface area contributed by atoms with Crippen molar-refractivity contribution in [1.82, 2.24) is 15.1 Å². The van der Waals surface area contributed by atoms with Crippen LogP contribution in [-0.4, -0.2) is 68.2 Å². The number of nitrogens with one attached hydrogen (secondary N) is 1. The lowest BCUT2D eigenvalue weighted by molar-refractivity contribution is 0.0659. The maximum atomic E-state index is 12.9. The van der Waals surface area contributed by atoms with Crippen molar-refractivity contribution < 1.29 is 19.1 Å². The van der Waals surface area contributed by atoms with Crippen LogP contribution in [0.2, 0.25) is 0 Å². The molecule has 0 radical (unpaired) electrons. The topological polar surface area (TPSA) is 71.1 Å². The third-order valence-corrected chi connectivity index (χ3v) is 5.93. The van der Waals surface area contributed by atoms with Gasteiger partial charge in [-0.25, -0.2) is 4.79 Å². The fourth-order valence-corrected chi connectivity index (χ4v) is 4.12. The minimum absolute atomic E-state index is 0.00435. The van der Waals surface area contributed by atoms with Crippen molar-refractivity contribution in [3.8, 4) is 11.5 Å². The number of carbonyl (C=O) groups excluding carboxylic acids is 2. The molecule has 0 unspecified atom stereocenters. The molecule has 0 aromatic heterocycles. The lowest BCUT2D eigenvalue weighted by Gasteiger charge is -2.36. The Hall–Kier alpha value is -2.44. The third-order valence-electron chi connectivity index (χ3n) is 5.93. The van der Waals surface area contributed by atoms with Gasteiger partial charge in [-0.15, -0.1) is 0 Å². The normalized spacial score (nSPS) is 18.6. The first kappa shape index (κ1) is 21.3. The van der Waals surface area contributed by atoms with Gasteiger partial charge in [0, 0.05) is 38.3 Å². The van der Waals surface area contributed by atoms with Gasteiger partial charge in [-0.3, -0.25) is 4.79 Å². The summed E-state index contributed by atoms with van der Waals surface area (Å²) < 4.78 is 10.6. The van der Waals surface area contributed by atoms with Gasteiger partial charge in [0.15, 0.2) is 0 Å². The number of rotatable bonds is 4. The molecule has 0 spiro atoms. The first-order chi connectivity index (χ1) is 14.1. The van der Waals surface area contributed by atoms with Crippen LogP contribution in [0.25, 0.3) is 0 Å². The fourth-order valence-electron chi connectivity index (χ4n) is 4.12. The van der Waals surface area contributed by atoms with Gasteiger partial charge in [-0.1, -0.05) is 32.1 Å². The van der Waals surface area contributed by atoms with Crippen LogP contribution in [0.4, 0.5) is 4.79 Å².